The molecule has 0 fully saturated rings. The Morgan fingerprint density at radius 2 is 1.54 bits per heavy atom. The molecule has 0 saturated heterocycles. The van der Waals surface area contributed by atoms with Gasteiger partial charge in [0.15, 0.2) is 0 Å². The van der Waals surface area contributed by atoms with E-state index in [0.29, 0.717) is 5.56 Å². The van der Waals surface area contributed by atoms with E-state index in [1.54, 1.807) is 19.1 Å². The number of sulfonamides is 1. The number of urea groups is 1. The molecule has 2 aromatic rings. The van der Waals surface area contributed by atoms with Crippen molar-refractivity contribution in [3.63, 3.8) is 0 Å². The number of aryl methyl sites for hydroxylation is 4. The van der Waals surface area contributed by atoms with Crippen LogP contribution in [0.2, 0.25) is 0 Å². The Kier molecular flexibility index (Phi) is 6.39. The van der Waals surface area contributed by atoms with Gasteiger partial charge in [-0.25, -0.2) is 17.9 Å². The van der Waals surface area contributed by atoms with Gasteiger partial charge in [0.1, 0.15) is 0 Å². The summed E-state index contributed by atoms with van der Waals surface area (Å²) in [6.45, 7) is 7.79. The highest BCUT2D eigenvalue weighted by atomic mass is 32.2. The summed E-state index contributed by atoms with van der Waals surface area (Å²) < 4.78 is 27.3. The van der Waals surface area contributed by atoms with E-state index >= 15 is 0 Å². The van der Waals surface area contributed by atoms with E-state index in [9.17, 15) is 13.2 Å². The molecule has 0 bridgehead atoms. The largest absolute Gasteiger partial charge is 0.337 e. The lowest BCUT2D eigenvalue weighted by Crippen LogP contribution is -2.37. The summed E-state index contributed by atoms with van der Waals surface area (Å²) in [7, 11) is -3.60. The van der Waals surface area contributed by atoms with Gasteiger partial charge in [0, 0.05) is 18.8 Å². The van der Waals surface area contributed by atoms with E-state index in [2.05, 4.69) is 15.4 Å². The number of hydrogen-bond donors (Lipinski definition) is 3. The summed E-state index contributed by atoms with van der Waals surface area (Å²) in [6.07, 6.45) is 0. The Balaban J connectivity index is 1.86. The molecular formula is C19H25N3O3S. The molecule has 6 nitrogen and oxygen atoms in total. The first-order chi connectivity index (χ1) is 12.2. The first-order valence-electron chi connectivity index (χ1n) is 8.38. The van der Waals surface area contributed by atoms with Crippen LogP contribution < -0.4 is 15.4 Å². The van der Waals surface area contributed by atoms with Crippen molar-refractivity contribution in [1.82, 2.24) is 10.0 Å². The zero-order valence-electron chi connectivity index (χ0n) is 15.5. The van der Waals surface area contributed by atoms with Crippen molar-refractivity contribution >= 4 is 21.7 Å². The van der Waals surface area contributed by atoms with Crippen molar-refractivity contribution in [2.75, 3.05) is 18.4 Å². The van der Waals surface area contributed by atoms with Gasteiger partial charge in [0.05, 0.1) is 4.90 Å². The fourth-order valence-corrected chi connectivity index (χ4v) is 3.92. The average Bonchev–Trinajstić information content (AvgIpc) is 2.56. The fraction of sp³-hybridized carbons (Fsp3) is 0.316. The lowest BCUT2D eigenvalue weighted by molar-refractivity contribution is 0.252. The summed E-state index contributed by atoms with van der Waals surface area (Å²) in [6, 6.07) is 10.6. The van der Waals surface area contributed by atoms with Crippen LogP contribution in [0.3, 0.4) is 0 Å². The summed E-state index contributed by atoms with van der Waals surface area (Å²) >= 11 is 0. The quantitative estimate of drug-likeness (QED) is 0.678. The standard InChI is InChI=1S/C19H25N3O3S/c1-13-6-8-17(16(4)11-13)22-19(23)20-9-10-21-26(24,25)18-12-14(2)5-7-15(18)3/h5-8,11-12,21H,9-10H2,1-4H3,(H2,20,22,23). The minimum Gasteiger partial charge on any atom is -0.337 e. The normalized spacial score (nSPS) is 11.2. The summed E-state index contributed by atoms with van der Waals surface area (Å²) in [5, 5.41) is 5.40. The van der Waals surface area contributed by atoms with E-state index in [1.165, 1.54) is 0 Å². The molecule has 7 heteroatoms. The van der Waals surface area contributed by atoms with E-state index in [0.717, 1.165) is 22.4 Å². The third-order valence-corrected chi connectivity index (χ3v) is 5.57. The van der Waals surface area contributed by atoms with Gasteiger partial charge in [0.2, 0.25) is 10.0 Å². The molecule has 0 heterocycles. The molecule has 2 rings (SSSR count). The van der Waals surface area contributed by atoms with Crippen LogP contribution in [-0.2, 0) is 10.0 Å². The molecule has 0 aliphatic rings. The molecule has 0 unspecified atom stereocenters. The second-order valence-corrected chi connectivity index (χ2v) is 8.10. The second kappa shape index (κ2) is 8.33. The molecule has 140 valence electrons. The van der Waals surface area contributed by atoms with Crippen LogP contribution in [0, 0.1) is 27.7 Å². The number of carbonyl (C=O) groups is 1. The summed E-state index contributed by atoms with van der Waals surface area (Å²) in [4.78, 5) is 12.2. The van der Waals surface area contributed by atoms with Gasteiger partial charge in [-0.2, -0.15) is 0 Å². The Morgan fingerprint density at radius 3 is 2.23 bits per heavy atom. The highest BCUT2D eigenvalue weighted by molar-refractivity contribution is 7.89. The summed E-state index contributed by atoms with van der Waals surface area (Å²) in [5.41, 5.74) is 4.37. The number of amides is 2. The molecular weight excluding hydrogens is 350 g/mol. The van der Waals surface area contributed by atoms with Gasteiger partial charge in [-0.1, -0.05) is 29.8 Å². The van der Waals surface area contributed by atoms with Gasteiger partial charge in [0.25, 0.3) is 0 Å². The molecule has 2 amide bonds. The van der Waals surface area contributed by atoms with Crippen LogP contribution in [0.5, 0.6) is 0 Å². The minimum absolute atomic E-state index is 0.107. The maximum absolute atomic E-state index is 12.4. The average molecular weight is 375 g/mol. The van der Waals surface area contributed by atoms with Crippen molar-refractivity contribution in [3.05, 3.63) is 58.7 Å². The first kappa shape index (κ1) is 19.9. The van der Waals surface area contributed by atoms with E-state index in [1.807, 2.05) is 45.0 Å². The molecule has 0 aliphatic carbocycles. The molecule has 26 heavy (non-hydrogen) atoms. The molecule has 0 spiro atoms. The van der Waals surface area contributed by atoms with Gasteiger partial charge in [-0.15, -0.1) is 0 Å². The van der Waals surface area contributed by atoms with Crippen LogP contribution in [0.4, 0.5) is 10.5 Å². The topological polar surface area (TPSA) is 87.3 Å². The lowest BCUT2D eigenvalue weighted by atomic mass is 10.1. The molecule has 0 aromatic heterocycles. The molecule has 0 atom stereocenters. The van der Waals surface area contributed by atoms with Gasteiger partial charge < -0.3 is 10.6 Å². The van der Waals surface area contributed by atoms with Crippen molar-refractivity contribution < 1.29 is 13.2 Å². The second-order valence-electron chi connectivity index (χ2n) is 6.37. The van der Waals surface area contributed by atoms with Gasteiger partial charge in [-0.3, -0.25) is 0 Å². The minimum atomic E-state index is -3.60. The highest BCUT2D eigenvalue weighted by Crippen LogP contribution is 2.17. The SMILES string of the molecule is Cc1ccc(NC(=O)NCCNS(=O)(=O)c2cc(C)ccc2C)c(C)c1. The molecule has 0 aliphatic heterocycles. The number of anilines is 1. The Hall–Kier alpha value is -2.38. The summed E-state index contributed by atoms with van der Waals surface area (Å²) in [5.74, 6) is 0. The maximum Gasteiger partial charge on any atom is 0.319 e. The third-order valence-electron chi connectivity index (χ3n) is 3.97. The number of nitrogens with one attached hydrogen (secondary N) is 3. The first-order valence-corrected chi connectivity index (χ1v) is 9.86. The van der Waals surface area contributed by atoms with Crippen LogP contribution >= 0.6 is 0 Å². The van der Waals surface area contributed by atoms with Crippen molar-refractivity contribution in [2.24, 2.45) is 0 Å². The highest BCUT2D eigenvalue weighted by Gasteiger charge is 2.16. The molecule has 2 aromatic carbocycles. The Morgan fingerprint density at radius 1 is 0.885 bits per heavy atom. The zero-order chi connectivity index (χ0) is 19.3. The number of hydrogen-bond acceptors (Lipinski definition) is 3. The van der Waals surface area contributed by atoms with E-state index in [4.69, 9.17) is 0 Å². The van der Waals surface area contributed by atoms with Crippen molar-refractivity contribution in [1.29, 1.82) is 0 Å². The number of rotatable bonds is 6. The van der Waals surface area contributed by atoms with Crippen molar-refractivity contribution in [3.8, 4) is 0 Å². The molecule has 3 N–H and O–H groups in total. The van der Waals surface area contributed by atoms with Gasteiger partial charge >= 0.3 is 6.03 Å². The number of carbonyl (C=O) groups excluding carboxylic acids is 1. The third kappa shape index (κ3) is 5.31. The fourth-order valence-electron chi connectivity index (χ4n) is 2.56. The monoisotopic (exact) mass is 375 g/mol. The van der Waals surface area contributed by atoms with Crippen molar-refractivity contribution in [2.45, 2.75) is 32.6 Å². The zero-order valence-corrected chi connectivity index (χ0v) is 16.3. The van der Waals surface area contributed by atoms with Crippen LogP contribution in [0.1, 0.15) is 22.3 Å². The smallest absolute Gasteiger partial charge is 0.319 e. The maximum atomic E-state index is 12.4. The van der Waals surface area contributed by atoms with E-state index < -0.39 is 10.0 Å². The Bertz CT molecular complexity index is 908. The molecule has 0 radical (unpaired) electrons. The van der Waals surface area contributed by atoms with Crippen LogP contribution in [0.15, 0.2) is 41.3 Å². The van der Waals surface area contributed by atoms with Crippen LogP contribution in [-0.4, -0.2) is 27.5 Å². The van der Waals surface area contributed by atoms with Gasteiger partial charge in [-0.05, 0) is 56.5 Å². The lowest BCUT2D eigenvalue weighted by Gasteiger charge is -2.12. The van der Waals surface area contributed by atoms with Crippen LogP contribution in [0.25, 0.3) is 0 Å². The predicted molar refractivity (Wildman–Crippen MR) is 104 cm³/mol. The number of benzene rings is 2. The molecule has 0 saturated carbocycles. The predicted octanol–water partition coefficient (Wildman–Crippen LogP) is 3.02. The Labute approximate surface area is 155 Å². The van der Waals surface area contributed by atoms with E-state index in [-0.39, 0.29) is 24.0 Å².